The van der Waals surface area contributed by atoms with Crippen molar-refractivity contribution >= 4 is 5.78 Å². The molecule has 0 N–H and O–H groups in total. The molecular formula is C12H13FO3. The van der Waals surface area contributed by atoms with E-state index < -0.39 is 0 Å². The summed E-state index contributed by atoms with van der Waals surface area (Å²) < 4.78 is 23.7. The van der Waals surface area contributed by atoms with Gasteiger partial charge >= 0.3 is 0 Å². The summed E-state index contributed by atoms with van der Waals surface area (Å²) in [4.78, 5) is 11.3. The van der Waals surface area contributed by atoms with Crippen molar-refractivity contribution in [2.24, 2.45) is 0 Å². The number of carbonyl (C=O) groups excluding carboxylic acids is 1. The highest BCUT2D eigenvalue weighted by Gasteiger charge is 2.24. The normalized spacial score (nSPS) is 20.9. The van der Waals surface area contributed by atoms with Crippen molar-refractivity contribution in [1.29, 1.82) is 0 Å². The van der Waals surface area contributed by atoms with Gasteiger partial charge in [-0.2, -0.15) is 0 Å². The van der Waals surface area contributed by atoms with E-state index in [2.05, 4.69) is 0 Å². The maximum Gasteiger partial charge on any atom is 0.138 e. The molecule has 3 nitrogen and oxygen atoms in total. The van der Waals surface area contributed by atoms with E-state index in [4.69, 9.17) is 9.47 Å². The zero-order chi connectivity index (χ0) is 11.5. The maximum atomic E-state index is 13.1. The fourth-order valence-electron chi connectivity index (χ4n) is 1.84. The third kappa shape index (κ3) is 2.22. The lowest BCUT2D eigenvalue weighted by molar-refractivity contribution is -0.128. The molecule has 1 aromatic rings. The van der Waals surface area contributed by atoms with Gasteiger partial charge in [0.05, 0.1) is 19.8 Å². The van der Waals surface area contributed by atoms with E-state index in [1.54, 1.807) is 6.07 Å². The summed E-state index contributed by atoms with van der Waals surface area (Å²) in [5, 5.41) is 0. The standard InChI is InChI=1S/C12H13FO3/c1-15-11-3-2-8(13)6-10(11)12-7-9(14)4-5-16-12/h2-3,6,12H,4-5,7H2,1H3. The number of ether oxygens (including phenoxy) is 2. The van der Waals surface area contributed by atoms with Gasteiger partial charge in [0.15, 0.2) is 0 Å². The molecule has 4 heteroatoms. The van der Waals surface area contributed by atoms with Crippen LogP contribution in [-0.2, 0) is 9.53 Å². The number of hydrogen-bond donors (Lipinski definition) is 0. The molecule has 1 heterocycles. The quantitative estimate of drug-likeness (QED) is 0.773. The van der Waals surface area contributed by atoms with Crippen molar-refractivity contribution in [2.45, 2.75) is 18.9 Å². The van der Waals surface area contributed by atoms with Gasteiger partial charge in [-0.1, -0.05) is 0 Å². The van der Waals surface area contributed by atoms with Crippen LogP contribution in [0.25, 0.3) is 0 Å². The van der Waals surface area contributed by atoms with Crippen LogP contribution in [0.4, 0.5) is 4.39 Å². The number of halogens is 1. The zero-order valence-electron chi connectivity index (χ0n) is 9.03. The van der Waals surface area contributed by atoms with Gasteiger partial charge in [0, 0.05) is 18.4 Å². The van der Waals surface area contributed by atoms with E-state index in [0.717, 1.165) is 0 Å². The zero-order valence-corrected chi connectivity index (χ0v) is 9.03. The maximum absolute atomic E-state index is 13.1. The summed E-state index contributed by atoms with van der Waals surface area (Å²) in [6.45, 7) is 0.392. The monoisotopic (exact) mass is 224 g/mol. The highest BCUT2D eigenvalue weighted by atomic mass is 19.1. The molecular weight excluding hydrogens is 211 g/mol. The Hall–Kier alpha value is -1.42. The van der Waals surface area contributed by atoms with E-state index in [0.29, 0.717) is 30.8 Å². The lowest BCUT2D eigenvalue weighted by Gasteiger charge is -2.23. The number of Topliss-reactive ketones (excluding diaryl/α,β-unsaturated/α-hetero) is 1. The van der Waals surface area contributed by atoms with Crippen molar-refractivity contribution in [3.63, 3.8) is 0 Å². The predicted molar refractivity (Wildman–Crippen MR) is 55.9 cm³/mol. The summed E-state index contributed by atoms with van der Waals surface area (Å²) in [7, 11) is 1.52. The van der Waals surface area contributed by atoms with Crippen LogP contribution in [0.5, 0.6) is 5.75 Å². The van der Waals surface area contributed by atoms with Crippen LogP contribution in [0.2, 0.25) is 0 Å². The molecule has 1 aliphatic rings. The van der Waals surface area contributed by atoms with Crippen LogP contribution in [0.1, 0.15) is 24.5 Å². The average Bonchev–Trinajstić information content (AvgIpc) is 2.29. The molecule has 1 aromatic carbocycles. The second kappa shape index (κ2) is 4.61. The fraction of sp³-hybridized carbons (Fsp3) is 0.417. The van der Waals surface area contributed by atoms with E-state index in [9.17, 15) is 9.18 Å². The molecule has 16 heavy (non-hydrogen) atoms. The van der Waals surface area contributed by atoms with Crippen LogP contribution in [0.3, 0.4) is 0 Å². The Balaban J connectivity index is 2.30. The summed E-state index contributed by atoms with van der Waals surface area (Å²) in [6.07, 6.45) is 0.348. The molecule has 0 aromatic heterocycles. The van der Waals surface area contributed by atoms with Crippen LogP contribution < -0.4 is 4.74 Å². The average molecular weight is 224 g/mol. The van der Waals surface area contributed by atoms with Crippen molar-refractivity contribution < 1.29 is 18.7 Å². The highest BCUT2D eigenvalue weighted by molar-refractivity contribution is 5.79. The Bertz CT molecular complexity index is 403. The van der Waals surface area contributed by atoms with Crippen molar-refractivity contribution in [1.82, 2.24) is 0 Å². The first kappa shape index (κ1) is 11.1. The van der Waals surface area contributed by atoms with E-state index in [-0.39, 0.29) is 17.7 Å². The number of rotatable bonds is 2. The molecule has 0 saturated carbocycles. The minimum atomic E-state index is -0.383. The number of hydrogen-bond acceptors (Lipinski definition) is 3. The van der Waals surface area contributed by atoms with Gasteiger partial charge in [0.25, 0.3) is 0 Å². The number of ketones is 1. The first-order valence-electron chi connectivity index (χ1n) is 5.17. The molecule has 0 amide bonds. The summed E-state index contributed by atoms with van der Waals surface area (Å²) in [5.74, 6) is 0.348. The van der Waals surface area contributed by atoms with Gasteiger partial charge in [-0.05, 0) is 18.2 Å². The molecule has 1 unspecified atom stereocenters. The largest absolute Gasteiger partial charge is 0.496 e. The molecule has 0 aliphatic carbocycles. The number of methoxy groups -OCH3 is 1. The first-order chi connectivity index (χ1) is 7.70. The third-order valence-corrected chi connectivity index (χ3v) is 2.65. The van der Waals surface area contributed by atoms with E-state index in [1.165, 1.54) is 19.2 Å². The molecule has 1 atom stereocenters. The fourth-order valence-corrected chi connectivity index (χ4v) is 1.84. The van der Waals surface area contributed by atoms with Crippen LogP contribution in [-0.4, -0.2) is 19.5 Å². The summed E-state index contributed by atoms with van der Waals surface area (Å²) in [5.41, 5.74) is 0.607. The van der Waals surface area contributed by atoms with Gasteiger partial charge in [-0.25, -0.2) is 4.39 Å². The van der Waals surface area contributed by atoms with Crippen molar-refractivity contribution in [2.75, 3.05) is 13.7 Å². The van der Waals surface area contributed by atoms with E-state index >= 15 is 0 Å². The minimum absolute atomic E-state index is 0.141. The molecule has 0 radical (unpaired) electrons. The molecule has 86 valence electrons. The molecule has 1 fully saturated rings. The van der Waals surface area contributed by atoms with Gasteiger partial charge in [-0.15, -0.1) is 0 Å². The minimum Gasteiger partial charge on any atom is -0.496 e. The number of benzene rings is 1. The number of carbonyl (C=O) groups is 1. The topological polar surface area (TPSA) is 35.5 Å². The predicted octanol–water partition coefficient (Wildman–Crippen LogP) is 2.25. The summed E-state index contributed by atoms with van der Waals surface area (Å²) >= 11 is 0. The first-order valence-corrected chi connectivity index (χ1v) is 5.17. The Morgan fingerprint density at radius 2 is 2.31 bits per heavy atom. The lowest BCUT2D eigenvalue weighted by Crippen LogP contribution is -2.20. The van der Waals surface area contributed by atoms with Gasteiger partial charge in [0.2, 0.25) is 0 Å². The Morgan fingerprint density at radius 1 is 1.50 bits per heavy atom. The van der Waals surface area contributed by atoms with Crippen molar-refractivity contribution in [3.8, 4) is 5.75 Å². The second-order valence-electron chi connectivity index (χ2n) is 3.74. The third-order valence-electron chi connectivity index (χ3n) is 2.65. The Labute approximate surface area is 93.2 Å². The van der Waals surface area contributed by atoms with Gasteiger partial charge in [-0.3, -0.25) is 4.79 Å². The van der Waals surface area contributed by atoms with Crippen LogP contribution in [0.15, 0.2) is 18.2 Å². The molecule has 0 spiro atoms. The van der Waals surface area contributed by atoms with E-state index in [1.807, 2.05) is 0 Å². The van der Waals surface area contributed by atoms with Crippen LogP contribution in [0, 0.1) is 5.82 Å². The molecule has 2 rings (SSSR count). The molecule has 1 saturated heterocycles. The SMILES string of the molecule is COc1ccc(F)cc1C1CC(=O)CCO1. The van der Waals surface area contributed by atoms with Gasteiger partial charge < -0.3 is 9.47 Å². The van der Waals surface area contributed by atoms with Crippen LogP contribution >= 0.6 is 0 Å². The highest BCUT2D eigenvalue weighted by Crippen LogP contribution is 2.33. The smallest absolute Gasteiger partial charge is 0.138 e. The Morgan fingerprint density at radius 3 is 3.00 bits per heavy atom. The van der Waals surface area contributed by atoms with Crippen molar-refractivity contribution in [3.05, 3.63) is 29.6 Å². The molecule has 0 bridgehead atoms. The molecule has 1 aliphatic heterocycles. The summed E-state index contributed by atoms with van der Waals surface area (Å²) in [6, 6.07) is 4.24. The lowest BCUT2D eigenvalue weighted by atomic mass is 9.99. The second-order valence-corrected chi connectivity index (χ2v) is 3.74. The van der Waals surface area contributed by atoms with Gasteiger partial charge in [0.1, 0.15) is 17.3 Å². The Kier molecular flexibility index (Phi) is 3.19.